The van der Waals surface area contributed by atoms with Gasteiger partial charge in [-0.1, -0.05) is 23.2 Å². The molecule has 22 heavy (non-hydrogen) atoms. The maximum Gasteiger partial charge on any atom is 0.191 e. The van der Waals surface area contributed by atoms with E-state index in [1.807, 2.05) is 24.3 Å². The van der Waals surface area contributed by atoms with Crippen molar-refractivity contribution in [1.29, 1.82) is 0 Å². The summed E-state index contributed by atoms with van der Waals surface area (Å²) < 4.78 is 5.09. The molecule has 0 aliphatic rings. The molecule has 0 atom stereocenters. The number of nitrogens with zero attached hydrogens (tertiary/aromatic N) is 1. The SMILES string of the molecule is COc1ccc(/C=N\NC(=S)Nc2ccc(Cl)cc2Cl)cc1. The molecule has 0 fully saturated rings. The highest BCUT2D eigenvalue weighted by molar-refractivity contribution is 7.80. The van der Waals surface area contributed by atoms with Crippen molar-refractivity contribution in [3.05, 3.63) is 58.1 Å². The van der Waals surface area contributed by atoms with Crippen LogP contribution in [0.25, 0.3) is 0 Å². The molecule has 0 unspecified atom stereocenters. The molecule has 2 rings (SSSR count). The van der Waals surface area contributed by atoms with Gasteiger partial charge in [0.05, 0.1) is 24.0 Å². The topological polar surface area (TPSA) is 45.6 Å². The fourth-order valence-corrected chi connectivity index (χ4v) is 2.21. The van der Waals surface area contributed by atoms with Crippen molar-refractivity contribution in [2.24, 2.45) is 5.10 Å². The highest BCUT2D eigenvalue weighted by Crippen LogP contribution is 2.25. The lowest BCUT2D eigenvalue weighted by Crippen LogP contribution is -2.24. The minimum atomic E-state index is 0.328. The number of rotatable bonds is 4. The fourth-order valence-electron chi connectivity index (χ4n) is 1.60. The zero-order valence-electron chi connectivity index (χ0n) is 11.6. The minimum Gasteiger partial charge on any atom is -0.497 e. The summed E-state index contributed by atoms with van der Waals surface area (Å²) in [5.74, 6) is 0.791. The van der Waals surface area contributed by atoms with Gasteiger partial charge in [0.2, 0.25) is 0 Å². The van der Waals surface area contributed by atoms with Gasteiger partial charge in [-0.05, 0) is 60.2 Å². The van der Waals surface area contributed by atoms with Crippen LogP contribution in [-0.4, -0.2) is 18.4 Å². The minimum absolute atomic E-state index is 0.328. The first kappa shape index (κ1) is 16.5. The van der Waals surface area contributed by atoms with Gasteiger partial charge in [0.1, 0.15) is 5.75 Å². The monoisotopic (exact) mass is 353 g/mol. The Hall–Kier alpha value is -1.82. The Balaban J connectivity index is 1.90. The molecule has 0 heterocycles. The van der Waals surface area contributed by atoms with Crippen LogP contribution in [0.1, 0.15) is 5.56 Å². The van der Waals surface area contributed by atoms with Gasteiger partial charge < -0.3 is 10.1 Å². The molecule has 0 saturated heterocycles. The first-order chi connectivity index (χ1) is 10.6. The molecule has 0 aromatic heterocycles. The standard InChI is InChI=1S/C15H13Cl2N3OS/c1-21-12-5-2-10(3-6-12)9-18-20-15(22)19-14-7-4-11(16)8-13(14)17/h2-9H,1H3,(H2,19,20,22)/b18-9-. The number of nitrogens with one attached hydrogen (secondary N) is 2. The van der Waals surface area contributed by atoms with E-state index < -0.39 is 0 Å². The smallest absolute Gasteiger partial charge is 0.191 e. The summed E-state index contributed by atoms with van der Waals surface area (Å²) in [4.78, 5) is 0. The van der Waals surface area contributed by atoms with Crippen LogP contribution >= 0.6 is 35.4 Å². The van der Waals surface area contributed by atoms with Crippen molar-refractivity contribution < 1.29 is 4.74 Å². The number of ether oxygens (including phenoxy) is 1. The summed E-state index contributed by atoms with van der Waals surface area (Å²) in [6, 6.07) is 12.6. The second-order valence-corrected chi connectivity index (χ2v) is 5.47. The van der Waals surface area contributed by atoms with E-state index in [2.05, 4.69) is 15.8 Å². The maximum absolute atomic E-state index is 6.05. The molecular weight excluding hydrogens is 341 g/mol. The van der Waals surface area contributed by atoms with Crippen LogP contribution in [0, 0.1) is 0 Å². The quantitative estimate of drug-likeness (QED) is 0.488. The third-order valence-electron chi connectivity index (χ3n) is 2.67. The molecule has 4 nitrogen and oxygen atoms in total. The average Bonchev–Trinajstić information content (AvgIpc) is 2.51. The summed E-state index contributed by atoms with van der Waals surface area (Å²) in [6.07, 6.45) is 1.65. The van der Waals surface area contributed by atoms with Gasteiger partial charge in [0.25, 0.3) is 0 Å². The van der Waals surface area contributed by atoms with Gasteiger partial charge >= 0.3 is 0 Å². The molecule has 0 amide bonds. The Bertz CT molecular complexity index is 690. The van der Waals surface area contributed by atoms with E-state index in [4.69, 9.17) is 40.2 Å². The first-order valence-electron chi connectivity index (χ1n) is 6.27. The molecule has 0 radical (unpaired) electrons. The zero-order valence-corrected chi connectivity index (χ0v) is 14.0. The Morgan fingerprint density at radius 1 is 1.18 bits per heavy atom. The van der Waals surface area contributed by atoms with Crippen molar-refractivity contribution in [3.63, 3.8) is 0 Å². The van der Waals surface area contributed by atoms with Gasteiger partial charge in [0.15, 0.2) is 5.11 Å². The van der Waals surface area contributed by atoms with Gasteiger partial charge in [-0.25, -0.2) is 0 Å². The van der Waals surface area contributed by atoms with Gasteiger partial charge in [-0.2, -0.15) is 5.10 Å². The second kappa shape index (κ2) is 7.98. The molecule has 114 valence electrons. The van der Waals surface area contributed by atoms with Crippen molar-refractivity contribution in [1.82, 2.24) is 5.43 Å². The van der Waals surface area contributed by atoms with Crippen LogP contribution in [0.3, 0.4) is 0 Å². The summed E-state index contributed by atoms with van der Waals surface area (Å²) in [5.41, 5.74) is 4.29. The van der Waals surface area contributed by atoms with Crippen LogP contribution < -0.4 is 15.5 Å². The van der Waals surface area contributed by atoms with Crippen LogP contribution in [0.15, 0.2) is 47.6 Å². The summed E-state index contributed by atoms with van der Waals surface area (Å²) in [6.45, 7) is 0. The Morgan fingerprint density at radius 2 is 1.91 bits per heavy atom. The lowest BCUT2D eigenvalue weighted by molar-refractivity contribution is 0.415. The van der Waals surface area contributed by atoms with Gasteiger partial charge in [-0.3, -0.25) is 5.43 Å². The van der Waals surface area contributed by atoms with E-state index in [1.165, 1.54) is 0 Å². The predicted octanol–water partition coefficient (Wildman–Crippen LogP) is 4.32. The number of thiocarbonyl (C=S) groups is 1. The Morgan fingerprint density at radius 3 is 2.55 bits per heavy atom. The number of hydrazone groups is 1. The fraction of sp³-hybridized carbons (Fsp3) is 0.0667. The number of benzene rings is 2. The van der Waals surface area contributed by atoms with E-state index in [9.17, 15) is 0 Å². The third-order valence-corrected chi connectivity index (χ3v) is 3.42. The molecule has 2 aromatic carbocycles. The molecule has 0 aliphatic carbocycles. The van der Waals surface area contributed by atoms with Crippen molar-refractivity contribution in [3.8, 4) is 5.75 Å². The van der Waals surface area contributed by atoms with Crippen molar-refractivity contribution in [2.75, 3.05) is 12.4 Å². The zero-order chi connectivity index (χ0) is 15.9. The second-order valence-electron chi connectivity index (χ2n) is 4.22. The van der Waals surface area contributed by atoms with Crippen LogP contribution in [0.2, 0.25) is 10.0 Å². The van der Waals surface area contributed by atoms with E-state index in [-0.39, 0.29) is 0 Å². The van der Waals surface area contributed by atoms with Crippen LogP contribution in [-0.2, 0) is 0 Å². The maximum atomic E-state index is 6.05. The lowest BCUT2D eigenvalue weighted by Gasteiger charge is -2.08. The van der Waals surface area contributed by atoms with Crippen LogP contribution in [0.4, 0.5) is 5.69 Å². The van der Waals surface area contributed by atoms with E-state index in [1.54, 1.807) is 31.5 Å². The predicted molar refractivity (Wildman–Crippen MR) is 96.4 cm³/mol. The number of halogens is 2. The molecule has 0 bridgehead atoms. The number of hydrogen-bond donors (Lipinski definition) is 2. The van der Waals surface area contributed by atoms with Crippen molar-refractivity contribution in [2.45, 2.75) is 0 Å². The average molecular weight is 354 g/mol. The number of hydrogen-bond acceptors (Lipinski definition) is 3. The molecule has 0 aliphatic heterocycles. The summed E-state index contributed by atoms with van der Waals surface area (Å²) in [7, 11) is 1.62. The van der Waals surface area contributed by atoms with Gasteiger partial charge in [-0.15, -0.1) is 0 Å². The Kier molecular flexibility index (Phi) is 6.00. The van der Waals surface area contributed by atoms with E-state index in [0.29, 0.717) is 20.8 Å². The summed E-state index contributed by atoms with van der Waals surface area (Å²) in [5, 5.41) is 8.36. The molecule has 2 aromatic rings. The highest BCUT2D eigenvalue weighted by atomic mass is 35.5. The van der Waals surface area contributed by atoms with E-state index >= 15 is 0 Å². The molecule has 0 spiro atoms. The summed E-state index contributed by atoms with van der Waals surface area (Å²) >= 11 is 17.0. The first-order valence-corrected chi connectivity index (χ1v) is 7.44. The largest absolute Gasteiger partial charge is 0.497 e. The van der Waals surface area contributed by atoms with Gasteiger partial charge in [0, 0.05) is 5.02 Å². The Labute approximate surface area is 144 Å². The van der Waals surface area contributed by atoms with Crippen molar-refractivity contribution >= 4 is 52.4 Å². The molecular formula is C15H13Cl2N3OS. The lowest BCUT2D eigenvalue weighted by atomic mass is 10.2. The third kappa shape index (κ3) is 4.87. The van der Waals surface area contributed by atoms with Crippen LogP contribution in [0.5, 0.6) is 5.75 Å². The molecule has 0 saturated carbocycles. The number of methoxy groups -OCH3 is 1. The molecule has 2 N–H and O–H groups in total. The highest BCUT2D eigenvalue weighted by Gasteiger charge is 2.02. The molecule has 7 heteroatoms. The number of anilines is 1. The normalized spacial score (nSPS) is 10.5. The van der Waals surface area contributed by atoms with E-state index in [0.717, 1.165) is 11.3 Å².